The van der Waals surface area contributed by atoms with Gasteiger partial charge in [-0.05, 0) is 29.3 Å². The minimum Gasteiger partial charge on any atom is -0.303 e. The van der Waals surface area contributed by atoms with Crippen LogP contribution in [0.5, 0.6) is 0 Å². The predicted molar refractivity (Wildman–Crippen MR) is 103 cm³/mol. The normalized spacial score (nSPS) is 15.2. The molecule has 0 bridgehead atoms. The Morgan fingerprint density at radius 3 is 2.27 bits per heavy atom. The number of carbonyl (C=O) groups is 1. The molecular formula is C22H15ClFNO. The lowest BCUT2D eigenvalue weighted by Crippen LogP contribution is -2.25. The maximum Gasteiger partial charge on any atom is 0.260 e. The molecule has 3 aromatic carbocycles. The van der Waals surface area contributed by atoms with E-state index in [4.69, 9.17) is 11.6 Å². The molecule has 0 radical (unpaired) electrons. The third-order valence-corrected chi connectivity index (χ3v) is 4.82. The summed E-state index contributed by atoms with van der Waals surface area (Å²) < 4.78 is 13.9. The molecule has 1 heterocycles. The summed E-state index contributed by atoms with van der Waals surface area (Å²) in [5.74, 6) is -0.602. The molecule has 4 heteroatoms. The molecule has 1 amide bonds. The zero-order valence-corrected chi connectivity index (χ0v) is 14.6. The third kappa shape index (κ3) is 2.91. The Bertz CT molecular complexity index is 999. The van der Waals surface area contributed by atoms with Crippen molar-refractivity contribution in [1.82, 2.24) is 0 Å². The summed E-state index contributed by atoms with van der Waals surface area (Å²) in [5.41, 5.74) is 3.33. The van der Waals surface area contributed by atoms with Gasteiger partial charge in [-0.1, -0.05) is 72.3 Å². The highest BCUT2D eigenvalue weighted by atomic mass is 35.5. The predicted octanol–water partition coefficient (Wildman–Crippen LogP) is 5.48. The Kier molecular flexibility index (Phi) is 4.31. The van der Waals surface area contributed by atoms with Crippen LogP contribution in [0, 0.1) is 5.82 Å². The van der Waals surface area contributed by atoms with Crippen LogP contribution >= 0.6 is 11.6 Å². The van der Waals surface area contributed by atoms with Crippen molar-refractivity contribution < 1.29 is 9.18 Å². The van der Waals surface area contributed by atoms with Gasteiger partial charge < -0.3 is 4.90 Å². The monoisotopic (exact) mass is 363 g/mol. The molecule has 1 aliphatic rings. The highest BCUT2D eigenvalue weighted by molar-refractivity contribution is 6.59. The van der Waals surface area contributed by atoms with Crippen LogP contribution in [0.2, 0.25) is 0 Å². The number of rotatable bonds is 3. The number of amides is 1. The van der Waals surface area contributed by atoms with Crippen LogP contribution in [0.1, 0.15) is 16.7 Å². The van der Waals surface area contributed by atoms with Gasteiger partial charge in [-0.15, -0.1) is 0 Å². The second-order valence-electron chi connectivity index (χ2n) is 6.09. The van der Waals surface area contributed by atoms with E-state index in [1.807, 2.05) is 60.7 Å². The lowest BCUT2D eigenvalue weighted by Gasteiger charge is -2.17. The maximum absolute atomic E-state index is 13.9. The second-order valence-corrected chi connectivity index (χ2v) is 6.47. The molecule has 0 N–H and O–H groups in total. The molecule has 26 heavy (non-hydrogen) atoms. The molecule has 0 saturated heterocycles. The highest BCUT2D eigenvalue weighted by Crippen LogP contribution is 2.43. The first-order chi connectivity index (χ1) is 12.6. The lowest BCUT2D eigenvalue weighted by molar-refractivity contribution is -0.113. The quantitative estimate of drug-likeness (QED) is 0.564. The zero-order chi connectivity index (χ0) is 18.1. The van der Waals surface area contributed by atoms with Gasteiger partial charge in [0, 0.05) is 5.56 Å². The van der Waals surface area contributed by atoms with Crippen molar-refractivity contribution in [2.75, 3.05) is 4.90 Å². The standard InChI is InChI=1S/C22H15ClFNO/c23-21(16-9-5-2-6-10-16)20-18-12-11-17(24)13-19(18)25(22(20)26)14-15-7-3-1-4-8-15/h1-13H,14H2/b21-20-. The molecule has 0 aromatic heterocycles. The van der Waals surface area contributed by atoms with E-state index in [9.17, 15) is 9.18 Å². The third-order valence-electron chi connectivity index (χ3n) is 4.41. The van der Waals surface area contributed by atoms with E-state index in [0.29, 0.717) is 28.4 Å². The summed E-state index contributed by atoms with van der Waals surface area (Å²) in [6.07, 6.45) is 0. The molecule has 128 valence electrons. The van der Waals surface area contributed by atoms with Crippen molar-refractivity contribution in [1.29, 1.82) is 0 Å². The van der Waals surface area contributed by atoms with Crippen LogP contribution < -0.4 is 4.90 Å². The van der Waals surface area contributed by atoms with Crippen LogP contribution in [0.3, 0.4) is 0 Å². The fourth-order valence-electron chi connectivity index (χ4n) is 3.16. The van der Waals surface area contributed by atoms with Crippen molar-refractivity contribution in [3.05, 3.63) is 101 Å². The van der Waals surface area contributed by atoms with Gasteiger partial charge in [-0.25, -0.2) is 4.39 Å². The van der Waals surface area contributed by atoms with E-state index in [1.165, 1.54) is 12.1 Å². The van der Waals surface area contributed by atoms with Gasteiger partial charge in [-0.3, -0.25) is 4.79 Å². The van der Waals surface area contributed by atoms with Crippen molar-refractivity contribution >= 4 is 33.8 Å². The topological polar surface area (TPSA) is 20.3 Å². The van der Waals surface area contributed by atoms with Gasteiger partial charge in [-0.2, -0.15) is 0 Å². The molecule has 0 saturated carbocycles. The van der Waals surface area contributed by atoms with Gasteiger partial charge in [0.15, 0.2) is 0 Å². The van der Waals surface area contributed by atoms with Gasteiger partial charge in [0.05, 0.1) is 22.8 Å². The van der Waals surface area contributed by atoms with Gasteiger partial charge >= 0.3 is 0 Å². The summed E-state index contributed by atoms with van der Waals surface area (Å²) in [5, 5.41) is 0.374. The van der Waals surface area contributed by atoms with Gasteiger partial charge in [0.2, 0.25) is 0 Å². The summed E-state index contributed by atoms with van der Waals surface area (Å²) in [7, 11) is 0. The van der Waals surface area contributed by atoms with Crippen LogP contribution in [0.25, 0.3) is 10.6 Å². The number of nitrogens with zero attached hydrogens (tertiary/aromatic N) is 1. The van der Waals surface area contributed by atoms with Crippen molar-refractivity contribution in [2.45, 2.75) is 6.54 Å². The first kappa shape index (κ1) is 16.6. The molecule has 0 spiro atoms. The van der Waals surface area contributed by atoms with E-state index in [1.54, 1.807) is 11.0 Å². The largest absolute Gasteiger partial charge is 0.303 e. The fourth-order valence-corrected chi connectivity index (χ4v) is 3.47. The Morgan fingerprint density at radius 2 is 1.58 bits per heavy atom. The Balaban J connectivity index is 1.85. The molecule has 0 unspecified atom stereocenters. The number of hydrogen-bond acceptors (Lipinski definition) is 1. The molecule has 1 aliphatic heterocycles. The van der Waals surface area contributed by atoms with Crippen molar-refractivity contribution in [2.24, 2.45) is 0 Å². The summed E-state index contributed by atoms with van der Waals surface area (Å²) >= 11 is 6.58. The zero-order valence-electron chi connectivity index (χ0n) is 13.8. The molecule has 3 aromatic rings. The molecule has 0 aliphatic carbocycles. The number of hydrogen-bond donors (Lipinski definition) is 0. The minimum absolute atomic E-state index is 0.219. The van der Waals surface area contributed by atoms with Crippen LogP contribution in [-0.2, 0) is 11.3 Å². The van der Waals surface area contributed by atoms with Crippen molar-refractivity contribution in [3.8, 4) is 0 Å². The fraction of sp³-hybridized carbons (Fsp3) is 0.0455. The first-order valence-corrected chi connectivity index (χ1v) is 8.64. The van der Waals surface area contributed by atoms with E-state index >= 15 is 0 Å². The molecule has 0 atom stereocenters. The summed E-state index contributed by atoms with van der Waals surface area (Å²) in [6.45, 7) is 0.360. The van der Waals surface area contributed by atoms with E-state index < -0.39 is 0 Å². The summed E-state index contributed by atoms with van der Waals surface area (Å²) in [4.78, 5) is 14.7. The first-order valence-electron chi connectivity index (χ1n) is 8.26. The Hall–Kier alpha value is -2.91. The Labute approximate surface area is 156 Å². The summed E-state index contributed by atoms with van der Waals surface area (Å²) in [6, 6.07) is 23.3. The molecule has 0 fully saturated rings. The highest BCUT2D eigenvalue weighted by Gasteiger charge is 2.35. The van der Waals surface area contributed by atoms with Gasteiger partial charge in [0.1, 0.15) is 5.82 Å². The van der Waals surface area contributed by atoms with E-state index in [2.05, 4.69) is 0 Å². The number of benzene rings is 3. The van der Waals surface area contributed by atoms with Crippen LogP contribution in [-0.4, -0.2) is 5.91 Å². The second kappa shape index (κ2) is 6.77. The number of halogens is 2. The average molecular weight is 364 g/mol. The van der Waals surface area contributed by atoms with Gasteiger partial charge in [0.25, 0.3) is 5.91 Å². The SMILES string of the molecule is O=C1/C(=C(\Cl)c2ccccc2)c2ccc(F)cc2N1Cc1ccccc1. The molecule has 4 rings (SSSR count). The average Bonchev–Trinajstić information content (AvgIpc) is 2.94. The van der Waals surface area contributed by atoms with E-state index in [-0.39, 0.29) is 11.7 Å². The number of carbonyl (C=O) groups excluding carboxylic acids is 1. The van der Waals surface area contributed by atoms with Crippen LogP contribution in [0.15, 0.2) is 78.9 Å². The number of fused-ring (bicyclic) bond motifs is 1. The maximum atomic E-state index is 13.9. The minimum atomic E-state index is -0.383. The number of anilines is 1. The lowest BCUT2D eigenvalue weighted by atomic mass is 10.0. The van der Waals surface area contributed by atoms with E-state index in [0.717, 1.165) is 11.1 Å². The molecular weight excluding hydrogens is 349 g/mol. The smallest absolute Gasteiger partial charge is 0.260 e. The Morgan fingerprint density at radius 1 is 0.923 bits per heavy atom. The molecule has 2 nitrogen and oxygen atoms in total. The van der Waals surface area contributed by atoms with Crippen LogP contribution in [0.4, 0.5) is 10.1 Å². The van der Waals surface area contributed by atoms with Crippen molar-refractivity contribution in [3.63, 3.8) is 0 Å².